The summed E-state index contributed by atoms with van der Waals surface area (Å²) >= 11 is 6.19. The highest BCUT2D eigenvalue weighted by atomic mass is 35.5. The topological polar surface area (TPSA) is 85.3 Å². The molecule has 1 amide bonds. The Hall–Kier alpha value is -3.97. The van der Waals surface area contributed by atoms with Gasteiger partial charge in [-0.15, -0.1) is 0 Å². The molecule has 1 heterocycles. The van der Waals surface area contributed by atoms with E-state index < -0.39 is 17.7 Å². The van der Waals surface area contributed by atoms with Gasteiger partial charge in [0.15, 0.2) is 0 Å². The Morgan fingerprint density at radius 3 is 2.35 bits per heavy atom. The minimum atomic E-state index is -0.929. The summed E-state index contributed by atoms with van der Waals surface area (Å²) in [4.78, 5) is 28.2. The second-order valence-electron chi connectivity index (χ2n) is 8.99. The quantitative estimate of drug-likeness (QED) is 0.222. The molecule has 1 aliphatic heterocycles. The van der Waals surface area contributed by atoms with Crippen LogP contribution in [0.25, 0.3) is 5.76 Å². The van der Waals surface area contributed by atoms with E-state index in [2.05, 4.69) is 13.8 Å². The van der Waals surface area contributed by atoms with E-state index in [4.69, 9.17) is 25.8 Å². The van der Waals surface area contributed by atoms with Crippen molar-refractivity contribution in [1.82, 2.24) is 0 Å². The highest BCUT2D eigenvalue weighted by Gasteiger charge is 2.47. The molecule has 1 aliphatic rings. The summed E-state index contributed by atoms with van der Waals surface area (Å²) in [5.41, 5.74) is 1.18. The minimum Gasteiger partial charge on any atom is -0.507 e. The number of carbonyl (C=O) groups is 2. The summed E-state index contributed by atoms with van der Waals surface area (Å²) in [6.07, 6.45) is 0. The van der Waals surface area contributed by atoms with E-state index in [9.17, 15) is 14.7 Å². The van der Waals surface area contributed by atoms with E-state index in [0.717, 1.165) is 0 Å². The Morgan fingerprint density at radius 2 is 1.70 bits per heavy atom. The average molecular weight is 522 g/mol. The van der Waals surface area contributed by atoms with Crippen LogP contribution < -0.4 is 19.1 Å². The van der Waals surface area contributed by atoms with Gasteiger partial charge in [-0.05, 0) is 66.1 Å². The predicted octanol–water partition coefficient (Wildman–Crippen LogP) is 6.02. The van der Waals surface area contributed by atoms with Crippen molar-refractivity contribution in [2.75, 3.05) is 25.7 Å². The first-order chi connectivity index (χ1) is 17.7. The van der Waals surface area contributed by atoms with Gasteiger partial charge >= 0.3 is 0 Å². The lowest BCUT2D eigenvalue weighted by atomic mass is 9.94. The summed E-state index contributed by atoms with van der Waals surface area (Å²) in [6.45, 7) is 4.66. The lowest BCUT2D eigenvalue weighted by Gasteiger charge is -2.26. The van der Waals surface area contributed by atoms with Crippen molar-refractivity contribution in [2.24, 2.45) is 5.92 Å². The van der Waals surface area contributed by atoms with Gasteiger partial charge in [-0.1, -0.05) is 37.6 Å². The van der Waals surface area contributed by atoms with Crippen molar-refractivity contribution in [3.05, 3.63) is 88.5 Å². The number of halogens is 1. The largest absolute Gasteiger partial charge is 0.507 e. The number of benzene rings is 3. The number of Topliss-reactive ketones (excluding diaryl/α,β-unsaturated/α-hetero) is 1. The number of methoxy groups -OCH3 is 2. The monoisotopic (exact) mass is 521 g/mol. The summed E-state index contributed by atoms with van der Waals surface area (Å²) in [7, 11) is 2.98. The number of nitrogens with zero attached hydrogens (tertiary/aromatic N) is 1. The second kappa shape index (κ2) is 11.0. The first-order valence-corrected chi connectivity index (χ1v) is 12.1. The van der Waals surface area contributed by atoms with Crippen molar-refractivity contribution in [2.45, 2.75) is 19.9 Å². The van der Waals surface area contributed by atoms with Gasteiger partial charge in [0.2, 0.25) is 0 Å². The average Bonchev–Trinajstić information content (AvgIpc) is 3.17. The van der Waals surface area contributed by atoms with Crippen molar-refractivity contribution < 1.29 is 28.9 Å². The van der Waals surface area contributed by atoms with Crippen LogP contribution in [0.3, 0.4) is 0 Å². The number of rotatable bonds is 8. The molecule has 1 fully saturated rings. The van der Waals surface area contributed by atoms with Crippen molar-refractivity contribution >= 4 is 34.7 Å². The Morgan fingerprint density at radius 1 is 0.973 bits per heavy atom. The Bertz CT molecular complexity index is 1350. The molecule has 0 spiro atoms. The van der Waals surface area contributed by atoms with Gasteiger partial charge in [-0.3, -0.25) is 14.5 Å². The van der Waals surface area contributed by atoms with Crippen LogP contribution in [0.5, 0.6) is 17.2 Å². The molecule has 3 aromatic rings. The van der Waals surface area contributed by atoms with Crippen LogP contribution in [0.4, 0.5) is 5.69 Å². The summed E-state index contributed by atoms with van der Waals surface area (Å²) in [5, 5.41) is 11.8. The van der Waals surface area contributed by atoms with E-state index >= 15 is 0 Å². The SMILES string of the molecule is COc1cccc(C2/C(=C(\O)c3cc(Cl)ccc3OC)C(=O)C(=O)N2c2ccc(OCC(C)C)cc2)c1. The molecular formula is C29H28ClNO6. The maximum atomic E-state index is 13.4. The highest BCUT2D eigenvalue weighted by molar-refractivity contribution is 6.51. The van der Waals surface area contributed by atoms with E-state index in [1.165, 1.54) is 25.2 Å². The number of ether oxygens (including phenoxy) is 3. The molecule has 0 aromatic heterocycles. The molecule has 8 heteroatoms. The molecule has 0 aliphatic carbocycles. The molecule has 37 heavy (non-hydrogen) atoms. The second-order valence-corrected chi connectivity index (χ2v) is 9.43. The van der Waals surface area contributed by atoms with Gasteiger partial charge in [0, 0.05) is 10.7 Å². The van der Waals surface area contributed by atoms with E-state index in [1.807, 2.05) is 0 Å². The number of aliphatic hydroxyl groups excluding tert-OH is 1. The molecule has 1 unspecified atom stereocenters. The fourth-order valence-electron chi connectivity index (χ4n) is 4.20. The molecule has 0 saturated carbocycles. The van der Waals surface area contributed by atoms with E-state index in [1.54, 1.807) is 60.7 Å². The Labute approximate surface area is 220 Å². The molecule has 3 aromatic carbocycles. The van der Waals surface area contributed by atoms with Gasteiger partial charge in [0.05, 0.1) is 38.0 Å². The van der Waals surface area contributed by atoms with Crippen LogP contribution in [0.2, 0.25) is 5.02 Å². The van der Waals surface area contributed by atoms with Gasteiger partial charge in [0.1, 0.15) is 23.0 Å². The molecule has 1 saturated heterocycles. The predicted molar refractivity (Wildman–Crippen MR) is 143 cm³/mol. The van der Waals surface area contributed by atoms with Crippen molar-refractivity contribution in [1.29, 1.82) is 0 Å². The number of anilines is 1. The number of aliphatic hydroxyl groups is 1. The highest BCUT2D eigenvalue weighted by Crippen LogP contribution is 2.44. The van der Waals surface area contributed by atoms with Crippen LogP contribution in [-0.4, -0.2) is 37.6 Å². The zero-order valence-electron chi connectivity index (χ0n) is 21.0. The standard InChI is InChI=1S/C29H28ClNO6/c1-17(2)16-37-21-11-9-20(10-12-21)31-26(18-6-5-7-22(14-18)35-3)25(28(33)29(31)34)27(32)23-15-19(30)8-13-24(23)36-4/h5-15,17,26,32H,16H2,1-4H3/b27-25+. The van der Waals surface area contributed by atoms with Crippen LogP contribution in [0, 0.1) is 5.92 Å². The van der Waals surface area contributed by atoms with Crippen LogP contribution >= 0.6 is 11.6 Å². The third kappa shape index (κ3) is 5.27. The van der Waals surface area contributed by atoms with E-state index in [-0.39, 0.29) is 16.9 Å². The lowest BCUT2D eigenvalue weighted by molar-refractivity contribution is -0.132. The Kier molecular flexibility index (Phi) is 7.74. The van der Waals surface area contributed by atoms with Crippen molar-refractivity contribution in [3.63, 3.8) is 0 Å². The summed E-state index contributed by atoms with van der Waals surface area (Å²) < 4.78 is 16.5. The first-order valence-electron chi connectivity index (χ1n) is 11.8. The number of ketones is 1. The number of hydrogen-bond donors (Lipinski definition) is 1. The number of amides is 1. The smallest absolute Gasteiger partial charge is 0.300 e. The normalized spacial score (nSPS) is 16.8. The maximum absolute atomic E-state index is 13.4. The molecule has 4 rings (SSSR count). The molecule has 1 atom stereocenters. The van der Waals surface area contributed by atoms with Gasteiger partial charge in [-0.2, -0.15) is 0 Å². The third-order valence-electron chi connectivity index (χ3n) is 5.97. The molecule has 0 radical (unpaired) electrons. The van der Waals surface area contributed by atoms with Gasteiger partial charge < -0.3 is 19.3 Å². The zero-order chi connectivity index (χ0) is 26.7. The van der Waals surface area contributed by atoms with Crippen LogP contribution in [0.1, 0.15) is 31.0 Å². The van der Waals surface area contributed by atoms with Crippen LogP contribution in [-0.2, 0) is 9.59 Å². The Balaban J connectivity index is 1.88. The molecule has 1 N–H and O–H groups in total. The fourth-order valence-corrected chi connectivity index (χ4v) is 4.37. The third-order valence-corrected chi connectivity index (χ3v) is 6.20. The number of carbonyl (C=O) groups excluding carboxylic acids is 2. The summed E-state index contributed by atoms with van der Waals surface area (Å²) in [6, 6.07) is 17.7. The maximum Gasteiger partial charge on any atom is 0.300 e. The molecular weight excluding hydrogens is 494 g/mol. The zero-order valence-corrected chi connectivity index (χ0v) is 21.8. The summed E-state index contributed by atoms with van der Waals surface area (Å²) in [5.74, 6) is -0.127. The molecule has 7 nitrogen and oxygen atoms in total. The van der Waals surface area contributed by atoms with E-state index in [0.29, 0.717) is 46.0 Å². The minimum absolute atomic E-state index is 0.0843. The number of hydrogen-bond acceptors (Lipinski definition) is 6. The van der Waals surface area contributed by atoms with Gasteiger partial charge in [-0.25, -0.2) is 0 Å². The van der Waals surface area contributed by atoms with Crippen LogP contribution in [0.15, 0.2) is 72.3 Å². The molecule has 192 valence electrons. The van der Waals surface area contributed by atoms with Gasteiger partial charge in [0.25, 0.3) is 11.7 Å². The molecule has 0 bridgehead atoms. The lowest BCUT2D eigenvalue weighted by Crippen LogP contribution is -2.29. The van der Waals surface area contributed by atoms with Crippen molar-refractivity contribution in [3.8, 4) is 17.2 Å². The first kappa shape index (κ1) is 26.1. The fraction of sp³-hybridized carbons (Fsp3) is 0.241.